The van der Waals surface area contributed by atoms with E-state index in [9.17, 15) is 4.79 Å². The van der Waals surface area contributed by atoms with Crippen LogP contribution in [0.1, 0.15) is 24.1 Å². The van der Waals surface area contributed by atoms with Crippen LogP contribution in [-0.2, 0) is 13.1 Å². The van der Waals surface area contributed by atoms with Crippen LogP contribution in [0.5, 0.6) is 0 Å². The van der Waals surface area contributed by atoms with Crippen LogP contribution in [0, 0.1) is 5.92 Å². The van der Waals surface area contributed by atoms with Gasteiger partial charge in [0.25, 0.3) is 5.56 Å². The fourth-order valence-corrected chi connectivity index (χ4v) is 3.77. The van der Waals surface area contributed by atoms with Gasteiger partial charge in [0.05, 0.1) is 17.4 Å². The number of benzene rings is 1. The minimum Gasteiger partial charge on any atom is -0.313 e. The van der Waals surface area contributed by atoms with Crippen molar-refractivity contribution in [2.75, 3.05) is 19.6 Å². The Kier molecular flexibility index (Phi) is 5.55. The van der Waals surface area contributed by atoms with Gasteiger partial charge in [0.2, 0.25) is 0 Å². The van der Waals surface area contributed by atoms with Gasteiger partial charge in [0, 0.05) is 19.3 Å². The summed E-state index contributed by atoms with van der Waals surface area (Å²) < 4.78 is 0. The summed E-state index contributed by atoms with van der Waals surface area (Å²) in [6.07, 6.45) is 5.54. The van der Waals surface area contributed by atoms with Crippen molar-refractivity contribution in [1.29, 1.82) is 0 Å². The number of nitrogens with zero attached hydrogens (tertiary/aromatic N) is 3. The highest BCUT2D eigenvalue weighted by Gasteiger charge is 2.19. The zero-order chi connectivity index (χ0) is 18.5. The summed E-state index contributed by atoms with van der Waals surface area (Å²) in [6.45, 7) is 4.94. The van der Waals surface area contributed by atoms with E-state index in [4.69, 9.17) is 0 Å². The molecule has 3 aromatic rings. The fourth-order valence-electron chi connectivity index (χ4n) is 3.77. The molecule has 27 heavy (non-hydrogen) atoms. The normalized spacial score (nSPS) is 16.0. The number of H-pyrrole nitrogens is 1. The van der Waals surface area contributed by atoms with E-state index < -0.39 is 0 Å². The molecule has 1 aromatic carbocycles. The second kappa shape index (κ2) is 8.41. The highest BCUT2D eigenvalue weighted by Crippen LogP contribution is 2.18. The molecule has 0 unspecified atom stereocenters. The van der Waals surface area contributed by atoms with Crippen molar-refractivity contribution in [3.8, 4) is 0 Å². The van der Waals surface area contributed by atoms with Gasteiger partial charge in [-0.15, -0.1) is 0 Å². The lowest BCUT2D eigenvalue weighted by molar-refractivity contribution is 0.175. The zero-order valence-corrected chi connectivity index (χ0v) is 15.4. The molecule has 0 aliphatic carbocycles. The van der Waals surface area contributed by atoms with Crippen LogP contribution < -0.4 is 10.9 Å². The molecule has 6 nitrogen and oxygen atoms in total. The molecule has 0 bridgehead atoms. The number of aromatic nitrogens is 3. The van der Waals surface area contributed by atoms with Gasteiger partial charge in [0.1, 0.15) is 5.52 Å². The van der Waals surface area contributed by atoms with Crippen molar-refractivity contribution in [2.45, 2.75) is 25.9 Å². The molecule has 4 rings (SSSR count). The van der Waals surface area contributed by atoms with Crippen molar-refractivity contribution >= 4 is 10.9 Å². The minimum absolute atomic E-state index is 0.116. The van der Waals surface area contributed by atoms with Crippen molar-refractivity contribution in [2.24, 2.45) is 5.92 Å². The predicted octanol–water partition coefficient (Wildman–Crippen LogP) is 2.32. The Morgan fingerprint density at radius 3 is 2.74 bits per heavy atom. The van der Waals surface area contributed by atoms with Gasteiger partial charge in [0.15, 0.2) is 0 Å². The minimum atomic E-state index is -0.116. The van der Waals surface area contributed by atoms with E-state index in [0.29, 0.717) is 23.4 Å². The molecule has 0 saturated carbocycles. The average Bonchev–Trinajstić information content (AvgIpc) is 2.71. The van der Waals surface area contributed by atoms with E-state index >= 15 is 0 Å². The van der Waals surface area contributed by atoms with E-state index in [-0.39, 0.29) is 5.56 Å². The standard InChI is InChI=1S/C21H25N5O/c27-21-18-6-9-23-19(20(18)24-15-25-21)13-22-12-16-7-10-26(11-8-16)14-17-4-2-1-3-5-17/h1-6,9,15-16,22H,7-8,10-14H2,(H,24,25,27). The first-order valence-corrected chi connectivity index (χ1v) is 9.58. The third-order valence-corrected chi connectivity index (χ3v) is 5.32. The Hall–Kier alpha value is -2.57. The SMILES string of the molecule is O=c1[nH]cnc2c(CNCC3CCN(Cc4ccccc4)CC3)nccc12. The van der Waals surface area contributed by atoms with Crippen LogP contribution in [0.4, 0.5) is 0 Å². The molecule has 1 saturated heterocycles. The van der Waals surface area contributed by atoms with Crippen molar-refractivity contribution in [3.05, 3.63) is 70.5 Å². The molecule has 1 fully saturated rings. The molecule has 0 atom stereocenters. The summed E-state index contributed by atoms with van der Waals surface area (Å²) in [5, 5.41) is 4.11. The zero-order valence-electron chi connectivity index (χ0n) is 15.4. The molecule has 0 radical (unpaired) electrons. The number of nitrogens with one attached hydrogen (secondary N) is 2. The molecule has 6 heteroatoms. The molecular weight excluding hydrogens is 338 g/mol. The molecule has 1 aliphatic heterocycles. The number of aromatic amines is 1. The van der Waals surface area contributed by atoms with Gasteiger partial charge in [-0.25, -0.2) is 4.98 Å². The Morgan fingerprint density at radius 1 is 1.11 bits per heavy atom. The Morgan fingerprint density at radius 2 is 1.93 bits per heavy atom. The highest BCUT2D eigenvalue weighted by molar-refractivity contribution is 5.78. The third-order valence-electron chi connectivity index (χ3n) is 5.32. The number of pyridine rings is 1. The van der Waals surface area contributed by atoms with Gasteiger partial charge < -0.3 is 10.3 Å². The molecule has 3 heterocycles. The maximum Gasteiger partial charge on any atom is 0.258 e. The first kappa shape index (κ1) is 17.8. The number of hydrogen-bond acceptors (Lipinski definition) is 5. The molecular formula is C21H25N5O. The summed E-state index contributed by atoms with van der Waals surface area (Å²) in [5.41, 5.74) is 2.79. The molecule has 1 aliphatic rings. The predicted molar refractivity (Wildman–Crippen MR) is 106 cm³/mol. The largest absolute Gasteiger partial charge is 0.313 e. The highest BCUT2D eigenvalue weighted by atomic mass is 16.1. The summed E-state index contributed by atoms with van der Waals surface area (Å²) in [4.78, 5) is 25.7. The van der Waals surface area contributed by atoms with Crippen LogP contribution in [-0.4, -0.2) is 39.5 Å². The van der Waals surface area contributed by atoms with Crippen molar-refractivity contribution < 1.29 is 0 Å². The van der Waals surface area contributed by atoms with E-state index in [2.05, 4.69) is 55.5 Å². The van der Waals surface area contributed by atoms with E-state index in [0.717, 1.165) is 31.9 Å². The maximum atomic E-state index is 11.9. The number of rotatable bonds is 6. The number of likely N-dealkylation sites (tertiary alicyclic amines) is 1. The van der Waals surface area contributed by atoms with Crippen LogP contribution in [0.25, 0.3) is 10.9 Å². The van der Waals surface area contributed by atoms with Gasteiger partial charge in [-0.2, -0.15) is 0 Å². The van der Waals surface area contributed by atoms with Gasteiger partial charge >= 0.3 is 0 Å². The molecule has 2 aromatic heterocycles. The summed E-state index contributed by atoms with van der Waals surface area (Å²) in [5.74, 6) is 0.684. The Labute approximate surface area is 158 Å². The first-order valence-electron chi connectivity index (χ1n) is 9.58. The third kappa shape index (κ3) is 4.40. The summed E-state index contributed by atoms with van der Waals surface area (Å²) in [6, 6.07) is 12.4. The summed E-state index contributed by atoms with van der Waals surface area (Å²) >= 11 is 0. The fraction of sp³-hybridized carbons (Fsp3) is 0.381. The number of piperidine rings is 1. The van der Waals surface area contributed by atoms with Crippen molar-refractivity contribution in [1.82, 2.24) is 25.2 Å². The van der Waals surface area contributed by atoms with Gasteiger partial charge in [-0.05, 0) is 50.0 Å². The van der Waals surface area contributed by atoms with Gasteiger partial charge in [-0.3, -0.25) is 14.7 Å². The van der Waals surface area contributed by atoms with Crippen LogP contribution >= 0.6 is 0 Å². The van der Waals surface area contributed by atoms with Gasteiger partial charge in [-0.1, -0.05) is 30.3 Å². The van der Waals surface area contributed by atoms with Crippen LogP contribution in [0.2, 0.25) is 0 Å². The van der Waals surface area contributed by atoms with E-state index in [1.165, 1.54) is 24.7 Å². The molecule has 140 valence electrons. The lowest BCUT2D eigenvalue weighted by Crippen LogP contribution is -2.36. The van der Waals surface area contributed by atoms with Crippen LogP contribution in [0.3, 0.4) is 0 Å². The lowest BCUT2D eigenvalue weighted by Gasteiger charge is -2.32. The summed E-state index contributed by atoms with van der Waals surface area (Å²) in [7, 11) is 0. The molecule has 2 N–H and O–H groups in total. The number of hydrogen-bond donors (Lipinski definition) is 2. The quantitative estimate of drug-likeness (QED) is 0.703. The van der Waals surface area contributed by atoms with E-state index in [1.54, 1.807) is 12.3 Å². The second-order valence-electron chi connectivity index (χ2n) is 7.22. The second-order valence-corrected chi connectivity index (χ2v) is 7.22. The Bertz CT molecular complexity index is 932. The lowest BCUT2D eigenvalue weighted by atomic mass is 9.96. The van der Waals surface area contributed by atoms with E-state index in [1.807, 2.05) is 0 Å². The Balaban J connectivity index is 1.26. The first-order chi connectivity index (χ1) is 13.3. The molecule has 0 amide bonds. The number of fused-ring (bicyclic) bond motifs is 1. The monoisotopic (exact) mass is 363 g/mol. The smallest absolute Gasteiger partial charge is 0.258 e. The maximum absolute atomic E-state index is 11.9. The topological polar surface area (TPSA) is 73.9 Å². The van der Waals surface area contributed by atoms with Crippen LogP contribution in [0.15, 0.2) is 53.7 Å². The van der Waals surface area contributed by atoms with Crippen molar-refractivity contribution in [3.63, 3.8) is 0 Å². The molecule has 0 spiro atoms. The average molecular weight is 363 g/mol.